The smallest absolute Gasteiger partial charge is 0.407 e. The van der Waals surface area contributed by atoms with Gasteiger partial charge in [-0.1, -0.05) is 68.9 Å². The molecule has 13 heteroatoms. The monoisotopic (exact) mass is 714 g/mol. The van der Waals surface area contributed by atoms with Crippen LogP contribution in [0, 0.1) is 23.7 Å². The van der Waals surface area contributed by atoms with Crippen LogP contribution < -0.4 is 10.6 Å². The minimum absolute atomic E-state index is 0.0196. The quantitative estimate of drug-likeness (QED) is 0.183. The number of aliphatic hydroxyl groups excluding tert-OH is 1. The summed E-state index contributed by atoms with van der Waals surface area (Å²) in [5, 5.41) is 18.8. The molecule has 11 nitrogen and oxygen atoms in total. The van der Waals surface area contributed by atoms with Crippen LogP contribution in [0.15, 0.2) is 53.4 Å². The molecule has 3 aromatic rings. The molecule has 2 aromatic carbocycles. The Hall–Kier alpha value is -2.81. The minimum atomic E-state index is -4.01. The number of amides is 1. The van der Waals surface area contributed by atoms with Crippen LogP contribution in [0.25, 0.3) is 10.2 Å². The third-order valence-electron chi connectivity index (χ3n) is 9.97. The minimum Gasteiger partial charge on any atom is -0.449 e. The van der Waals surface area contributed by atoms with Crippen molar-refractivity contribution in [3.63, 3.8) is 0 Å². The zero-order valence-corrected chi connectivity index (χ0v) is 30.3. The average molecular weight is 715 g/mol. The molecule has 6 rings (SSSR count). The van der Waals surface area contributed by atoms with E-state index in [1.807, 2.05) is 44.2 Å². The summed E-state index contributed by atoms with van der Waals surface area (Å²) in [5.74, 6) is 0.683. The van der Waals surface area contributed by atoms with E-state index >= 15 is 0 Å². The summed E-state index contributed by atoms with van der Waals surface area (Å²) in [6.07, 6.45) is 3.12. The van der Waals surface area contributed by atoms with Crippen LogP contribution in [-0.4, -0.2) is 86.3 Å². The molecule has 5 unspecified atom stereocenters. The fourth-order valence-electron chi connectivity index (χ4n) is 6.51. The summed E-state index contributed by atoms with van der Waals surface area (Å²) in [4.78, 5) is 18.0. The highest BCUT2D eigenvalue weighted by Gasteiger charge is 2.40. The molecule has 0 spiro atoms. The van der Waals surface area contributed by atoms with Gasteiger partial charge in [-0.25, -0.2) is 18.2 Å². The first-order valence-electron chi connectivity index (χ1n) is 17.6. The Balaban J connectivity index is 1.16. The highest BCUT2D eigenvalue weighted by molar-refractivity contribution is 7.89. The zero-order valence-electron chi connectivity index (χ0n) is 28.6. The van der Waals surface area contributed by atoms with Crippen molar-refractivity contribution in [1.82, 2.24) is 14.6 Å². The van der Waals surface area contributed by atoms with Gasteiger partial charge in [0.05, 0.1) is 47.1 Å². The number of ether oxygens (including phenoxy) is 3. The van der Waals surface area contributed by atoms with Gasteiger partial charge in [-0.05, 0) is 67.7 Å². The normalized spacial score (nSPS) is 24.6. The Labute approximate surface area is 293 Å². The molecular weight excluding hydrogens is 665 g/mol. The van der Waals surface area contributed by atoms with E-state index in [2.05, 4.69) is 22.5 Å². The molecule has 2 aliphatic heterocycles. The lowest BCUT2D eigenvalue weighted by atomic mass is 9.89. The fraction of sp³-hybridized carbons (Fsp3) is 0.611. The number of hydrogen-bond acceptors (Lipinski definition) is 10. The van der Waals surface area contributed by atoms with Gasteiger partial charge in [0.2, 0.25) is 10.0 Å². The lowest BCUT2D eigenvalue weighted by Gasteiger charge is -2.31. The van der Waals surface area contributed by atoms with Crippen LogP contribution in [0.5, 0.6) is 0 Å². The molecule has 3 heterocycles. The number of rotatable bonds is 15. The molecule has 49 heavy (non-hydrogen) atoms. The molecule has 0 bridgehead atoms. The molecule has 3 fully saturated rings. The maximum Gasteiger partial charge on any atom is 0.407 e. The topological polar surface area (TPSA) is 139 Å². The second-order valence-corrected chi connectivity index (χ2v) is 17.1. The summed E-state index contributed by atoms with van der Waals surface area (Å²) < 4.78 is 48.1. The van der Waals surface area contributed by atoms with Crippen molar-refractivity contribution in [2.45, 2.75) is 88.7 Å². The van der Waals surface area contributed by atoms with Crippen LogP contribution in [0.2, 0.25) is 0 Å². The van der Waals surface area contributed by atoms with Gasteiger partial charge in [-0.3, -0.25) is 0 Å². The first kappa shape index (κ1) is 36.0. The van der Waals surface area contributed by atoms with Crippen molar-refractivity contribution in [3.8, 4) is 0 Å². The summed E-state index contributed by atoms with van der Waals surface area (Å²) in [6.45, 7) is 7.48. The van der Waals surface area contributed by atoms with Crippen LogP contribution in [-0.2, 0) is 30.7 Å². The third kappa shape index (κ3) is 9.30. The number of anilines is 1. The number of hydrogen-bond donors (Lipinski definition) is 3. The second kappa shape index (κ2) is 16.0. The molecule has 1 amide bonds. The van der Waals surface area contributed by atoms with E-state index in [0.29, 0.717) is 31.6 Å². The zero-order chi connectivity index (χ0) is 34.5. The van der Waals surface area contributed by atoms with Crippen molar-refractivity contribution in [1.29, 1.82) is 0 Å². The Bertz CT molecular complexity index is 1650. The molecule has 1 saturated carbocycles. The van der Waals surface area contributed by atoms with Crippen molar-refractivity contribution in [2.75, 3.05) is 38.2 Å². The lowest BCUT2D eigenvalue weighted by Crippen LogP contribution is -2.51. The lowest BCUT2D eigenvalue weighted by molar-refractivity contribution is -0.129. The molecule has 0 radical (unpaired) electrons. The van der Waals surface area contributed by atoms with Crippen LogP contribution in [0.4, 0.5) is 9.93 Å². The summed E-state index contributed by atoms with van der Waals surface area (Å²) in [6, 6.07) is 14.1. The Morgan fingerprint density at radius 1 is 1.10 bits per heavy atom. The fourth-order valence-corrected chi connectivity index (χ4v) is 9.17. The van der Waals surface area contributed by atoms with E-state index in [1.165, 1.54) is 15.6 Å². The van der Waals surface area contributed by atoms with Crippen molar-refractivity contribution >= 4 is 42.8 Å². The van der Waals surface area contributed by atoms with Crippen LogP contribution in [0.1, 0.15) is 58.4 Å². The standard InChI is InChI=1S/C36H50N4O7S2/c1-4-23(2)18-40(49(43,44)28-13-15-30-33(17-28)48-35(38-30)37-27-11-12-27)19-32(41)31(16-25-8-6-5-7-9-25)39-36(42)47-22-26-21-46-34-29(26)14-10-24(3)20-45-34/h5-9,13,15,17,23-24,26-27,29,31-32,34,41H,4,10-12,14,16,18-22H2,1-3H3,(H,37,38)(H,39,42)/t23?,24?,26?,29?,31-,32+,34?/m0/s1. The number of thiazole rings is 1. The largest absolute Gasteiger partial charge is 0.449 e. The summed E-state index contributed by atoms with van der Waals surface area (Å²) in [7, 11) is -4.01. The molecule has 1 aromatic heterocycles. The van der Waals surface area contributed by atoms with E-state index in [4.69, 9.17) is 14.2 Å². The molecule has 268 valence electrons. The van der Waals surface area contributed by atoms with Gasteiger partial charge >= 0.3 is 6.09 Å². The first-order chi connectivity index (χ1) is 23.6. The van der Waals surface area contributed by atoms with Gasteiger partial charge in [-0.2, -0.15) is 4.31 Å². The second-order valence-electron chi connectivity index (χ2n) is 14.2. The molecular formula is C36H50N4O7S2. The molecule has 1 aliphatic carbocycles. The molecule has 3 aliphatic rings. The number of benzene rings is 2. The highest BCUT2D eigenvalue weighted by atomic mass is 32.2. The van der Waals surface area contributed by atoms with E-state index < -0.39 is 28.3 Å². The van der Waals surface area contributed by atoms with Crippen molar-refractivity contribution in [2.24, 2.45) is 23.7 Å². The Morgan fingerprint density at radius 3 is 2.63 bits per heavy atom. The number of aromatic nitrogens is 1. The predicted octanol–water partition coefficient (Wildman–Crippen LogP) is 5.64. The van der Waals surface area contributed by atoms with E-state index in [0.717, 1.165) is 53.0 Å². The average Bonchev–Trinajstić information content (AvgIpc) is 3.73. The van der Waals surface area contributed by atoms with Gasteiger partial charge < -0.3 is 30.0 Å². The number of nitrogens with zero attached hydrogens (tertiary/aromatic N) is 2. The van der Waals surface area contributed by atoms with Gasteiger partial charge in [0.15, 0.2) is 11.4 Å². The summed E-state index contributed by atoms with van der Waals surface area (Å²) in [5.41, 5.74) is 1.64. The number of carbonyl (C=O) groups is 1. The number of sulfonamides is 1. The number of fused-ring (bicyclic) bond motifs is 2. The Kier molecular flexibility index (Phi) is 11.8. The maximum atomic E-state index is 14.2. The van der Waals surface area contributed by atoms with Gasteiger partial charge in [0, 0.05) is 31.0 Å². The van der Waals surface area contributed by atoms with Crippen molar-refractivity contribution in [3.05, 3.63) is 54.1 Å². The maximum absolute atomic E-state index is 14.2. The highest BCUT2D eigenvalue weighted by Crippen LogP contribution is 2.36. The number of alkyl carbamates (subject to hydrolysis) is 1. The summed E-state index contributed by atoms with van der Waals surface area (Å²) >= 11 is 1.44. The van der Waals surface area contributed by atoms with E-state index in [-0.39, 0.29) is 48.6 Å². The van der Waals surface area contributed by atoms with Gasteiger partial charge in [-0.15, -0.1) is 0 Å². The molecule has 7 atom stereocenters. The number of aliphatic hydroxyl groups is 1. The Morgan fingerprint density at radius 2 is 1.88 bits per heavy atom. The van der Waals surface area contributed by atoms with E-state index in [1.54, 1.807) is 18.2 Å². The van der Waals surface area contributed by atoms with Gasteiger partial charge in [0.1, 0.15) is 0 Å². The molecule has 3 N–H and O–H groups in total. The SMILES string of the molecule is CCC(C)CN(C[C@@H](O)[C@H](Cc1ccccc1)NC(=O)OCC1COC2OCC(C)CCC12)S(=O)(=O)c1ccc2nc(NC3CC3)sc2c1. The van der Waals surface area contributed by atoms with Gasteiger partial charge in [0.25, 0.3) is 0 Å². The van der Waals surface area contributed by atoms with Crippen molar-refractivity contribution < 1.29 is 32.5 Å². The molecule has 2 saturated heterocycles. The van der Waals surface area contributed by atoms with Crippen LogP contribution >= 0.6 is 11.3 Å². The first-order valence-corrected chi connectivity index (χ1v) is 19.9. The third-order valence-corrected chi connectivity index (χ3v) is 12.7. The number of nitrogens with one attached hydrogen (secondary N) is 2. The van der Waals surface area contributed by atoms with E-state index in [9.17, 15) is 18.3 Å². The van der Waals surface area contributed by atoms with Crippen LogP contribution in [0.3, 0.4) is 0 Å². The number of carbonyl (C=O) groups excluding carboxylic acids is 1. The predicted molar refractivity (Wildman–Crippen MR) is 190 cm³/mol.